The van der Waals surface area contributed by atoms with Crippen LogP contribution < -0.4 is 14.4 Å². The minimum atomic E-state index is -0.772. The SMILES string of the molecule is CC(C#CCOc1ccccn1)Oc1cc(N2C(=O)C3=C(CCCC3)C2=O)c(F)cc1Cl. The van der Waals surface area contributed by atoms with E-state index >= 15 is 0 Å². The molecule has 0 saturated carbocycles. The number of pyridine rings is 1. The molecule has 8 heteroatoms. The van der Waals surface area contributed by atoms with Gasteiger partial charge in [-0.1, -0.05) is 29.5 Å². The van der Waals surface area contributed by atoms with Gasteiger partial charge in [0.15, 0.2) is 12.7 Å². The minimum Gasteiger partial charge on any atom is -0.476 e. The minimum absolute atomic E-state index is 0.0152. The van der Waals surface area contributed by atoms with Crippen LogP contribution in [-0.4, -0.2) is 29.5 Å². The first-order valence-corrected chi connectivity index (χ1v) is 10.6. The van der Waals surface area contributed by atoms with Crippen molar-refractivity contribution in [2.45, 2.75) is 38.7 Å². The van der Waals surface area contributed by atoms with E-state index in [4.69, 9.17) is 21.1 Å². The van der Waals surface area contributed by atoms with Gasteiger partial charge in [-0.15, -0.1) is 0 Å². The van der Waals surface area contributed by atoms with Crippen molar-refractivity contribution in [2.24, 2.45) is 0 Å². The standard InChI is InChI=1S/C24H20ClFN2O4/c1-15(7-6-12-31-22-10-4-5-11-27-22)32-21-14-20(19(26)13-18(21)25)28-23(29)16-8-2-3-9-17(16)24(28)30/h4-5,10-11,13-15H,2-3,8-9,12H2,1H3. The summed E-state index contributed by atoms with van der Waals surface area (Å²) in [5, 5.41) is 0.0152. The van der Waals surface area contributed by atoms with Crippen LogP contribution in [0.3, 0.4) is 0 Å². The number of aromatic nitrogens is 1. The Bertz CT molecular complexity index is 1130. The number of amides is 2. The third-order valence-electron chi connectivity index (χ3n) is 5.17. The molecule has 1 unspecified atom stereocenters. The molecule has 4 rings (SSSR count). The maximum atomic E-state index is 14.7. The van der Waals surface area contributed by atoms with Crippen LogP contribution >= 0.6 is 11.6 Å². The summed E-state index contributed by atoms with van der Waals surface area (Å²) in [6, 6.07) is 7.61. The largest absolute Gasteiger partial charge is 0.476 e. The van der Waals surface area contributed by atoms with Gasteiger partial charge in [0.1, 0.15) is 11.6 Å². The molecular formula is C24H20ClFN2O4. The number of anilines is 1. The van der Waals surface area contributed by atoms with Crippen molar-refractivity contribution in [3.8, 4) is 23.5 Å². The summed E-state index contributed by atoms with van der Waals surface area (Å²) >= 11 is 6.14. The summed E-state index contributed by atoms with van der Waals surface area (Å²) < 4.78 is 25.8. The summed E-state index contributed by atoms with van der Waals surface area (Å²) in [5.74, 6) is 4.54. The molecule has 32 heavy (non-hydrogen) atoms. The fourth-order valence-corrected chi connectivity index (χ4v) is 3.88. The Kier molecular flexibility index (Phi) is 6.42. The molecule has 0 N–H and O–H groups in total. The number of carbonyl (C=O) groups is 2. The molecule has 6 nitrogen and oxygen atoms in total. The van der Waals surface area contributed by atoms with Gasteiger partial charge in [0.2, 0.25) is 5.88 Å². The summed E-state index contributed by atoms with van der Waals surface area (Å²) in [6.45, 7) is 1.81. The Morgan fingerprint density at radius 3 is 2.56 bits per heavy atom. The van der Waals surface area contributed by atoms with Gasteiger partial charge in [-0.05, 0) is 44.7 Å². The Hall–Kier alpha value is -3.37. The molecule has 1 aromatic heterocycles. The maximum absolute atomic E-state index is 14.7. The zero-order valence-electron chi connectivity index (χ0n) is 17.4. The lowest BCUT2D eigenvalue weighted by Gasteiger charge is -2.19. The van der Waals surface area contributed by atoms with Gasteiger partial charge in [-0.3, -0.25) is 9.59 Å². The fourth-order valence-electron chi connectivity index (χ4n) is 3.69. The molecule has 0 spiro atoms. The molecule has 2 aliphatic rings. The van der Waals surface area contributed by atoms with Crippen LogP contribution in [-0.2, 0) is 9.59 Å². The highest BCUT2D eigenvalue weighted by Crippen LogP contribution is 2.39. The summed E-state index contributed by atoms with van der Waals surface area (Å²) in [5.41, 5.74) is 0.780. The fraction of sp³-hybridized carbons (Fsp3) is 0.292. The van der Waals surface area contributed by atoms with Crippen LogP contribution in [0.4, 0.5) is 10.1 Å². The molecule has 1 aromatic carbocycles. The van der Waals surface area contributed by atoms with E-state index in [1.165, 1.54) is 6.07 Å². The Labute approximate surface area is 190 Å². The lowest BCUT2D eigenvalue weighted by atomic mass is 9.93. The zero-order valence-corrected chi connectivity index (χ0v) is 18.1. The third-order valence-corrected chi connectivity index (χ3v) is 5.47. The maximum Gasteiger partial charge on any atom is 0.261 e. The van der Waals surface area contributed by atoms with Gasteiger partial charge >= 0.3 is 0 Å². The number of hydrogen-bond donors (Lipinski definition) is 0. The molecule has 2 amide bonds. The number of nitrogens with zero attached hydrogens (tertiary/aromatic N) is 2. The molecule has 1 atom stereocenters. The average molecular weight is 455 g/mol. The normalized spacial score (nSPS) is 16.4. The molecule has 0 fully saturated rings. The zero-order chi connectivity index (χ0) is 22.7. The second kappa shape index (κ2) is 9.41. The van der Waals surface area contributed by atoms with Crippen LogP contribution in [0.15, 0.2) is 47.7 Å². The quantitative estimate of drug-likeness (QED) is 0.492. The number of ether oxygens (including phenoxy) is 2. The van der Waals surface area contributed by atoms with Gasteiger partial charge in [-0.2, -0.15) is 0 Å². The van der Waals surface area contributed by atoms with Crippen molar-refractivity contribution in [1.82, 2.24) is 4.98 Å². The van der Waals surface area contributed by atoms with Crippen LogP contribution in [0, 0.1) is 17.7 Å². The van der Waals surface area contributed by atoms with Crippen LogP contribution in [0.1, 0.15) is 32.6 Å². The van der Waals surface area contributed by atoms with Crippen molar-refractivity contribution < 1.29 is 23.5 Å². The van der Waals surface area contributed by atoms with Crippen molar-refractivity contribution in [1.29, 1.82) is 0 Å². The number of imide groups is 1. The molecule has 1 aliphatic heterocycles. The monoisotopic (exact) mass is 454 g/mol. The summed E-state index contributed by atoms with van der Waals surface area (Å²) in [7, 11) is 0. The number of hydrogen-bond acceptors (Lipinski definition) is 5. The molecule has 0 radical (unpaired) electrons. The van der Waals surface area contributed by atoms with Crippen LogP contribution in [0.5, 0.6) is 11.6 Å². The molecule has 1 aliphatic carbocycles. The lowest BCUT2D eigenvalue weighted by Crippen LogP contribution is -2.32. The highest BCUT2D eigenvalue weighted by molar-refractivity contribution is 6.34. The van der Waals surface area contributed by atoms with Gasteiger partial charge in [-0.25, -0.2) is 14.3 Å². The van der Waals surface area contributed by atoms with E-state index in [9.17, 15) is 14.0 Å². The average Bonchev–Trinajstić information content (AvgIpc) is 3.04. The van der Waals surface area contributed by atoms with Crippen molar-refractivity contribution in [2.75, 3.05) is 11.5 Å². The van der Waals surface area contributed by atoms with E-state index in [1.54, 1.807) is 31.3 Å². The van der Waals surface area contributed by atoms with Gasteiger partial charge < -0.3 is 9.47 Å². The first-order valence-electron chi connectivity index (χ1n) is 10.2. The molecule has 164 valence electrons. The molecule has 0 bridgehead atoms. The van der Waals surface area contributed by atoms with E-state index in [0.717, 1.165) is 23.8 Å². The number of benzene rings is 1. The van der Waals surface area contributed by atoms with Gasteiger partial charge in [0.25, 0.3) is 11.8 Å². The van der Waals surface area contributed by atoms with E-state index in [-0.39, 0.29) is 23.1 Å². The topological polar surface area (TPSA) is 68.7 Å². The van der Waals surface area contributed by atoms with E-state index in [1.807, 2.05) is 0 Å². The van der Waals surface area contributed by atoms with Crippen molar-refractivity contribution >= 4 is 29.1 Å². The van der Waals surface area contributed by atoms with E-state index < -0.39 is 23.7 Å². The predicted molar refractivity (Wildman–Crippen MR) is 117 cm³/mol. The highest BCUT2D eigenvalue weighted by Gasteiger charge is 2.41. The second-order valence-electron chi connectivity index (χ2n) is 7.38. The second-order valence-corrected chi connectivity index (χ2v) is 7.79. The third kappa shape index (κ3) is 4.46. The van der Waals surface area contributed by atoms with Crippen LogP contribution in [0.2, 0.25) is 5.02 Å². The summed E-state index contributed by atoms with van der Waals surface area (Å²) in [6.07, 6.45) is 3.75. The van der Waals surface area contributed by atoms with Crippen molar-refractivity contribution in [3.63, 3.8) is 0 Å². The number of carbonyl (C=O) groups excluding carboxylic acids is 2. The Morgan fingerprint density at radius 2 is 1.91 bits per heavy atom. The number of rotatable bonds is 5. The van der Waals surface area contributed by atoms with Crippen molar-refractivity contribution in [3.05, 3.63) is 58.5 Å². The molecule has 2 heterocycles. The molecule has 0 saturated heterocycles. The predicted octanol–water partition coefficient (Wildman–Crippen LogP) is 4.47. The lowest BCUT2D eigenvalue weighted by molar-refractivity contribution is -0.120. The highest BCUT2D eigenvalue weighted by atomic mass is 35.5. The van der Waals surface area contributed by atoms with E-state index in [2.05, 4.69) is 16.8 Å². The molecular weight excluding hydrogens is 435 g/mol. The summed E-state index contributed by atoms with van der Waals surface area (Å²) in [4.78, 5) is 30.5. The van der Waals surface area contributed by atoms with Gasteiger partial charge in [0, 0.05) is 29.5 Å². The Balaban J connectivity index is 1.48. The first-order chi connectivity index (χ1) is 15.5. The smallest absolute Gasteiger partial charge is 0.261 e. The molecule has 2 aromatic rings. The first kappa shape index (κ1) is 21.8. The van der Waals surface area contributed by atoms with E-state index in [0.29, 0.717) is 29.9 Å². The number of halogens is 2. The van der Waals surface area contributed by atoms with Gasteiger partial charge in [0.05, 0.1) is 10.7 Å². The van der Waals surface area contributed by atoms with Crippen LogP contribution in [0.25, 0.3) is 0 Å². The Morgan fingerprint density at radius 1 is 1.19 bits per heavy atom.